The highest BCUT2D eigenvalue weighted by Crippen LogP contribution is 2.33. The van der Waals surface area contributed by atoms with E-state index in [-0.39, 0.29) is 16.5 Å². The fourth-order valence-corrected chi connectivity index (χ4v) is 3.29. The molecule has 0 amide bonds. The summed E-state index contributed by atoms with van der Waals surface area (Å²) in [6, 6.07) is 18.3. The smallest absolute Gasteiger partial charge is 0.253 e. The fourth-order valence-electron chi connectivity index (χ4n) is 3.29. The minimum absolute atomic E-state index is 0.200. The average Bonchev–Trinajstić information content (AvgIpc) is 3.05. The zero-order chi connectivity index (χ0) is 16.5. The van der Waals surface area contributed by atoms with Gasteiger partial charge in [0.25, 0.3) is 5.70 Å². The van der Waals surface area contributed by atoms with Crippen LogP contribution in [0.15, 0.2) is 84.7 Å². The molecule has 1 heterocycles. The van der Waals surface area contributed by atoms with Crippen molar-refractivity contribution in [3.8, 4) is 5.69 Å². The van der Waals surface area contributed by atoms with E-state index in [2.05, 4.69) is 28.8 Å². The third-order valence-electron chi connectivity index (χ3n) is 4.50. The second-order valence-electron chi connectivity index (χ2n) is 5.90. The minimum atomic E-state index is -0.269. The van der Waals surface area contributed by atoms with Gasteiger partial charge in [-0.15, -0.1) is 0 Å². The van der Waals surface area contributed by atoms with Crippen LogP contribution in [-0.4, -0.2) is 9.49 Å². The lowest BCUT2D eigenvalue weighted by atomic mass is 9.89. The summed E-state index contributed by atoms with van der Waals surface area (Å²) >= 11 is 0. The number of rotatable bonds is 3. The van der Waals surface area contributed by atoms with E-state index in [1.165, 1.54) is 0 Å². The van der Waals surface area contributed by atoms with E-state index in [1.807, 2.05) is 42.6 Å². The van der Waals surface area contributed by atoms with Gasteiger partial charge in [-0.05, 0) is 41.6 Å². The first-order chi connectivity index (χ1) is 11.7. The van der Waals surface area contributed by atoms with Gasteiger partial charge in [0.1, 0.15) is 0 Å². The van der Waals surface area contributed by atoms with Crippen molar-refractivity contribution in [2.75, 3.05) is 0 Å². The highest BCUT2D eigenvalue weighted by Gasteiger charge is 2.27. The van der Waals surface area contributed by atoms with Crippen LogP contribution < -0.4 is 0 Å². The molecular weight excluding hydrogens is 300 g/mol. The summed E-state index contributed by atoms with van der Waals surface area (Å²) in [7, 11) is 0. The predicted octanol–water partition coefficient (Wildman–Crippen LogP) is 4.83. The van der Waals surface area contributed by atoms with Crippen molar-refractivity contribution in [2.45, 2.75) is 12.3 Å². The standard InChI is InChI=1S/C20H16N2O2/c23-22(24)19-9-5-4-8-18(19)16-11-10-15-12-13-21(20(15)14-16)17-6-2-1-3-7-17/h1-7,9-14,18H,8H2. The molecule has 1 aliphatic carbocycles. The van der Waals surface area contributed by atoms with Gasteiger partial charge in [-0.2, -0.15) is 0 Å². The van der Waals surface area contributed by atoms with Crippen molar-refractivity contribution in [3.05, 3.63) is 100 Å². The zero-order valence-electron chi connectivity index (χ0n) is 13.0. The van der Waals surface area contributed by atoms with Crippen LogP contribution in [0.1, 0.15) is 17.9 Å². The Morgan fingerprint density at radius 2 is 1.92 bits per heavy atom. The van der Waals surface area contributed by atoms with E-state index >= 15 is 0 Å². The van der Waals surface area contributed by atoms with Crippen LogP contribution in [0.5, 0.6) is 0 Å². The van der Waals surface area contributed by atoms with Gasteiger partial charge in [-0.3, -0.25) is 10.1 Å². The van der Waals surface area contributed by atoms with Gasteiger partial charge in [0.15, 0.2) is 0 Å². The van der Waals surface area contributed by atoms with Gasteiger partial charge in [0.05, 0.1) is 16.4 Å². The van der Waals surface area contributed by atoms with Gasteiger partial charge < -0.3 is 4.57 Å². The van der Waals surface area contributed by atoms with E-state index < -0.39 is 0 Å². The van der Waals surface area contributed by atoms with Crippen LogP contribution in [0.3, 0.4) is 0 Å². The molecule has 0 bridgehead atoms. The summed E-state index contributed by atoms with van der Waals surface area (Å²) in [5.74, 6) is -0.200. The molecule has 0 N–H and O–H groups in total. The summed E-state index contributed by atoms with van der Waals surface area (Å²) < 4.78 is 2.12. The van der Waals surface area contributed by atoms with Crippen LogP contribution in [0, 0.1) is 10.1 Å². The molecule has 4 nitrogen and oxygen atoms in total. The number of fused-ring (bicyclic) bond motifs is 1. The third-order valence-corrected chi connectivity index (χ3v) is 4.50. The maximum Gasteiger partial charge on any atom is 0.253 e. The van der Waals surface area contributed by atoms with E-state index in [1.54, 1.807) is 12.2 Å². The third kappa shape index (κ3) is 2.42. The van der Waals surface area contributed by atoms with Crippen molar-refractivity contribution in [1.29, 1.82) is 0 Å². The molecule has 4 rings (SSSR count). The summed E-state index contributed by atoms with van der Waals surface area (Å²) in [5.41, 5.74) is 3.38. The number of benzene rings is 2. The molecule has 0 saturated heterocycles. The van der Waals surface area contributed by atoms with Gasteiger partial charge in [0.2, 0.25) is 0 Å². The Balaban J connectivity index is 1.83. The molecule has 3 aromatic rings. The number of allylic oxidation sites excluding steroid dienone is 4. The molecule has 2 aromatic carbocycles. The molecule has 0 saturated carbocycles. The first-order valence-corrected chi connectivity index (χ1v) is 7.91. The van der Waals surface area contributed by atoms with E-state index in [0.29, 0.717) is 6.42 Å². The van der Waals surface area contributed by atoms with Crippen molar-refractivity contribution in [1.82, 2.24) is 4.57 Å². The van der Waals surface area contributed by atoms with E-state index in [9.17, 15) is 10.1 Å². The van der Waals surface area contributed by atoms with Crippen LogP contribution in [0.25, 0.3) is 16.6 Å². The predicted molar refractivity (Wildman–Crippen MR) is 94.9 cm³/mol. The molecular formula is C20H16N2O2. The van der Waals surface area contributed by atoms with Crippen molar-refractivity contribution in [3.63, 3.8) is 0 Å². The lowest BCUT2D eigenvalue weighted by Crippen LogP contribution is -2.12. The van der Waals surface area contributed by atoms with Gasteiger partial charge in [0, 0.05) is 18.0 Å². The molecule has 1 atom stereocenters. The Hall–Kier alpha value is -3.14. The second-order valence-corrected chi connectivity index (χ2v) is 5.90. The quantitative estimate of drug-likeness (QED) is 0.513. The van der Waals surface area contributed by atoms with Crippen LogP contribution in [0.4, 0.5) is 0 Å². The Kier molecular flexibility index (Phi) is 3.50. The average molecular weight is 316 g/mol. The maximum atomic E-state index is 11.3. The molecule has 0 spiro atoms. The Bertz CT molecular complexity index is 968. The highest BCUT2D eigenvalue weighted by molar-refractivity contribution is 5.83. The molecule has 1 aliphatic rings. The number of para-hydroxylation sites is 1. The fraction of sp³-hybridized carbons (Fsp3) is 0.100. The van der Waals surface area contributed by atoms with Crippen LogP contribution in [0.2, 0.25) is 0 Å². The maximum absolute atomic E-state index is 11.3. The van der Waals surface area contributed by atoms with E-state index in [4.69, 9.17) is 0 Å². The molecule has 0 aliphatic heterocycles. The normalized spacial score (nSPS) is 17.0. The molecule has 1 aromatic heterocycles. The number of aromatic nitrogens is 1. The number of nitrogens with zero attached hydrogens (tertiary/aromatic N) is 2. The van der Waals surface area contributed by atoms with Gasteiger partial charge >= 0.3 is 0 Å². The summed E-state index contributed by atoms with van der Waals surface area (Å²) in [4.78, 5) is 11.1. The molecule has 1 unspecified atom stereocenters. The lowest BCUT2D eigenvalue weighted by Gasteiger charge is -2.16. The first kappa shape index (κ1) is 14.5. The number of nitro groups is 1. The molecule has 0 fully saturated rings. The lowest BCUT2D eigenvalue weighted by molar-refractivity contribution is -0.430. The van der Waals surface area contributed by atoms with Crippen LogP contribution >= 0.6 is 0 Å². The topological polar surface area (TPSA) is 48.1 Å². The number of hydrogen-bond acceptors (Lipinski definition) is 2. The zero-order valence-corrected chi connectivity index (χ0v) is 13.0. The van der Waals surface area contributed by atoms with Crippen molar-refractivity contribution in [2.24, 2.45) is 0 Å². The van der Waals surface area contributed by atoms with Gasteiger partial charge in [-0.1, -0.05) is 42.5 Å². The van der Waals surface area contributed by atoms with E-state index in [0.717, 1.165) is 22.2 Å². The minimum Gasteiger partial charge on any atom is -0.317 e. The SMILES string of the molecule is O=[N+]([O-])C1=CC=CCC1c1ccc2ccn(-c3ccccc3)c2c1. The Labute approximate surface area is 139 Å². The Morgan fingerprint density at radius 1 is 1.08 bits per heavy atom. The van der Waals surface area contributed by atoms with Gasteiger partial charge in [-0.25, -0.2) is 0 Å². The van der Waals surface area contributed by atoms with Crippen LogP contribution in [-0.2, 0) is 0 Å². The van der Waals surface area contributed by atoms with Crippen molar-refractivity contribution >= 4 is 10.9 Å². The highest BCUT2D eigenvalue weighted by atomic mass is 16.6. The molecule has 118 valence electrons. The Morgan fingerprint density at radius 3 is 2.71 bits per heavy atom. The van der Waals surface area contributed by atoms with Crippen molar-refractivity contribution < 1.29 is 4.92 Å². The molecule has 0 radical (unpaired) electrons. The summed E-state index contributed by atoms with van der Waals surface area (Å²) in [6.45, 7) is 0. The first-order valence-electron chi connectivity index (χ1n) is 7.91. The second kappa shape index (κ2) is 5.81. The molecule has 4 heteroatoms. The molecule has 24 heavy (non-hydrogen) atoms. The number of hydrogen-bond donors (Lipinski definition) is 0. The largest absolute Gasteiger partial charge is 0.317 e. The summed E-state index contributed by atoms with van der Waals surface area (Å²) in [6.07, 6.45) is 8.05. The summed E-state index contributed by atoms with van der Waals surface area (Å²) in [5, 5.41) is 12.5. The monoisotopic (exact) mass is 316 g/mol.